The molecule has 2 bridgehead atoms. The van der Waals surface area contributed by atoms with Crippen LogP contribution in [0.15, 0.2) is 72.8 Å². The smallest absolute Gasteiger partial charge is 0.251 e. The molecule has 2 N–H and O–H groups in total. The number of hydrogen-bond donors (Lipinski definition) is 2. The third kappa shape index (κ3) is 8.66. The Balaban J connectivity index is 1.12. The van der Waals surface area contributed by atoms with Crippen LogP contribution in [-0.2, 0) is 32.8 Å². The molecule has 4 aromatic rings. The van der Waals surface area contributed by atoms with E-state index in [-0.39, 0.29) is 30.9 Å². The molecule has 0 unspecified atom stereocenters. The lowest BCUT2D eigenvalue weighted by molar-refractivity contribution is -0.121. The highest BCUT2D eigenvalue weighted by molar-refractivity contribution is 7.88. The van der Waals surface area contributed by atoms with E-state index in [2.05, 4.69) is 38.3 Å². The molecule has 306 valence electrons. The van der Waals surface area contributed by atoms with Crippen molar-refractivity contribution in [1.82, 2.24) is 19.5 Å². The van der Waals surface area contributed by atoms with E-state index >= 15 is 0 Å². The van der Waals surface area contributed by atoms with Gasteiger partial charge in [0, 0.05) is 80.1 Å². The number of sulfonamides is 1. The highest BCUT2D eigenvalue weighted by Gasteiger charge is 2.29. The normalized spacial score (nSPS) is 19.8. The summed E-state index contributed by atoms with van der Waals surface area (Å²) in [7, 11) is -3.27. The highest BCUT2D eigenvalue weighted by atomic mass is 32.2. The van der Waals surface area contributed by atoms with Crippen LogP contribution < -0.4 is 25.2 Å². The average Bonchev–Trinajstić information content (AvgIpc) is 3.81. The van der Waals surface area contributed by atoms with Gasteiger partial charge in [-0.3, -0.25) is 14.4 Å². The third-order valence-corrected chi connectivity index (χ3v) is 13.4. The van der Waals surface area contributed by atoms with Gasteiger partial charge in [0.1, 0.15) is 18.9 Å². The van der Waals surface area contributed by atoms with E-state index in [9.17, 15) is 22.8 Å². The van der Waals surface area contributed by atoms with Crippen LogP contribution in [0.5, 0.6) is 5.75 Å². The van der Waals surface area contributed by atoms with Gasteiger partial charge in [0.25, 0.3) is 5.91 Å². The van der Waals surface area contributed by atoms with E-state index in [1.54, 1.807) is 0 Å². The van der Waals surface area contributed by atoms with Gasteiger partial charge in [-0.05, 0) is 104 Å². The number of piperazine rings is 1. The van der Waals surface area contributed by atoms with Gasteiger partial charge in [0.05, 0.1) is 17.5 Å². The summed E-state index contributed by atoms with van der Waals surface area (Å²) in [5.74, 6) is 0.922. The first-order valence-corrected chi connectivity index (χ1v) is 22.7. The molecular weight excluding hydrogens is 753 g/mol. The molecule has 1 aliphatic carbocycles. The topological polar surface area (TPSA) is 133 Å². The number of nitrogens with one attached hydrogen (secondary N) is 2. The number of amides is 3. The monoisotopic (exact) mass is 806 g/mol. The summed E-state index contributed by atoms with van der Waals surface area (Å²) in [6.07, 6.45) is 13.8. The summed E-state index contributed by atoms with van der Waals surface area (Å²) >= 11 is 0. The Morgan fingerprint density at radius 3 is 2.21 bits per heavy atom. The van der Waals surface area contributed by atoms with E-state index in [1.165, 1.54) is 22.5 Å². The van der Waals surface area contributed by atoms with Crippen LogP contribution in [0, 0.1) is 0 Å². The summed E-state index contributed by atoms with van der Waals surface area (Å²) in [5.41, 5.74) is 7.40. The maximum atomic E-state index is 13.6. The molecule has 2 saturated heterocycles. The first kappa shape index (κ1) is 39.7. The van der Waals surface area contributed by atoms with Crippen LogP contribution in [0.1, 0.15) is 85.2 Å². The number of hydrogen-bond acceptors (Lipinski definition) is 7. The van der Waals surface area contributed by atoms with Crippen molar-refractivity contribution >= 4 is 50.0 Å². The lowest BCUT2D eigenvalue weighted by Crippen LogP contribution is -2.48. The van der Waals surface area contributed by atoms with Gasteiger partial charge in [-0.25, -0.2) is 8.42 Å². The molecule has 0 atom stereocenters. The second kappa shape index (κ2) is 17.4. The molecule has 8 rings (SSSR count). The first-order chi connectivity index (χ1) is 28.1. The number of nitrogens with zero attached hydrogens (tertiary/aromatic N) is 4. The van der Waals surface area contributed by atoms with E-state index in [4.69, 9.17) is 4.74 Å². The summed E-state index contributed by atoms with van der Waals surface area (Å²) in [4.78, 5) is 43.6. The largest absolute Gasteiger partial charge is 0.489 e. The number of carbonyl (C=O) groups is 3. The average molecular weight is 807 g/mol. The molecule has 4 aliphatic rings. The Bertz CT molecular complexity index is 2310. The minimum Gasteiger partial charge on any atom is -0.489 e. The van der Waals surface area contributed by atoms with Gasteiger partial charge in [-0.15, -0.1) is 0 Å². The van der Waals surface area contributed by atoms with Crippen molar-refractivity contribution in [3.05, 3.63) is 89.5 Å². The summed E-state index contributed by atoms with van der Waals surface area (Å²) < 4.78 is 34.6. The molecule has 3 fully saturated rings. The van der Waals surface area contributed by atoms with Crippen molar-refractivity contribution in [1.29, 1.82) is 0 Å². The van der Waals surface area contributed by atoms with Gasteiger partial charge in [0.2, 0.25) is 21.8 Å². The van der Waals surface area contributed by atoms with Crippen molar-refractivity contribution in [3.8, 4) is 17.0 Å². The fourth-order valence-electron chi connectivity index (χ4n) is 9.11. The number of fused-ring (bicyclic) bond motifs is 1. The molecular formula is C45H54N6O6S. The second-order valence-corrected chi connectivity index (χ2v) is 18.0. The Morgan fingerprint density at radius 2 is 1.50 bits per heavy atom. The Labute approximate surface area is 341 Å². The molecule has 0 radical (unpaired) electrons. The Hall–Kier alpha value is -5.14. The number of aromatic nitrogens is 1. The molecule has 1 saturated carbocycles. The van der Waals surface area contributed by atoms with E-state index in [0.717, 1.165) is 84.0 Å². The SMILES string of the molecule is CS(=O)(=O)N1CCN(c2ccc(N3CCCC3=O)cc2COc2ccc(-c3c(C4CCCCC4)c4ccc5cc4n3CC(=O)NCC/C=C\CCNC5=O)cc2)CC1. The van der Waals surface area contributed by atoms with Crippen molar-refractivity contribution < 1.29 is 27.5 Å². The number of rotatable bonds is 8. The predicted molar refractivity (Wildman–Crippen MR) is 228 cm³/mol. The van der Waals surface area contributed by atoms with Crippen molar-refractivity contribution in [3.63, 3.8) is 0 Å². The molecule has 0 spiro atoms. The zero-order chi connectivity index (χ0) is 40.2. The Kier molecular flexibility index (Phi) is 11.9. The van der Waals surface area contributed by atoms with Crippen LogP contribution in [-0.4, -0.2) is 87.1 Å². The maximum absolute atomic E-state index is 13.6. The van der Waals surface area contributed by atoms with E-state index < -0.39 is 10.0 Å². The molecule has 12 nitrogen and oxygen atoms in total. The van der Waals surface area contributed by atoms with E-state index in [1.807, 2.05) is 59.5 Å². The van der Waals surface area contributed by atoms with Crippen molar-refractivity contribution in [2.45, 2.75) is 76.9 Å². The quantitative estimate of drug-likeness (QED) is 0.199. The maximum Gasteiger partial charge on any atom is 0.251 e. The fraction of sp³-hybridized carbons (Fsp3) is 0.444. The second-order valence-electron chi connectivity index (χ2n) is 16.0. The van der Waals surface area contributed by atoms with Crippen LogP contribution in [0.3, 0.4) is 0 Å². The summed E-state index contributed by atoms with van der Waals surface area (Å²) in [6, 6.07) is 20.1. The fourth-order valence-corrected chi connectivity index (χ4v) is 9.94. The van der Waals surface area contributed by atoms with Crippen LogP contribution >= 0.6 is 0 Å². The Morgan fingerprint density at radius 1 is 0.776 bits per heavy atom. The molecule has 3 amide bonds. The molecule has 1 aromatic heterocycles. The van der Waals surface area contributed by atoms with Gasteiger partial charge >= 0.3 is 0 Å². The number of carbonyl (C=O) groups excluding carboxylic acids is 3. The minimum absolute atomic E-state index is 0.0715. The van der Waals surface area contributed by atoms with Crippen LogP contribution in [0.25, 0.3) is 22.2 Å². The molecule has 58 heavy (non-hydrogen) atoms. The van der Waals surface area contributed by atoms with Crippen LogP contribution in [0.2, 0.25) is 0 Å². The number of benzene rings is 3. The van der Waals surface area contributed by atoms with Crippen molar-refractivity contribution in [2.24, 2.45) is 0 Å². The molecule has 3 aromatic carbocycles. The third-order valence-electron chi connectivity index (χ3n) is 12.1. The zero-order valence-electron chi connectivity index (χ0n) is 33.4. The van der Waals surface area contributed by atoms with E-state index in [0.29, 0.717) is 69.5 Å². The van der Waals surface area contributed by atoms with Gasteiger partial charge in [0.15, 0.2) is 0 Å². The first-order valence-electron chi connectivity index (χ1n) is 20.9. The molecule has 4 heterocycles. The zero-order valence-corrected chi connectivity index (χ0v) is 34.2. The predicted octanol–water partition coefficient (Wildman–Crippen LogP) is 6.34. The lowest BCUT2D eigenvalue weighted by Gasteiger charge is -2.36. The van der Waals surface area contributed by atoms with Gasteiger partial charge in [-0.1, -0.05) is 37.5 Å². The van der Waals surface area contributed by atoms with Gasteiger partial charge in [-0.2, -0.15) is 4.31 Å². The number of anilines is 2. The minimum atomic E-state index is -3.27. The summed E-state index contributed by atoms with van der Waals surface area (Å²) in [5, 5.41) is 7.25. The summed E-state index contributed by atoms with van der Waals surface area (Å²) in [6.45, 7) is 4.05. The molecule has 13 heteroatoms. The number of ether oxygens (including phenoxy) is 1. The van der Waals surface area contributed by atoms with Crippen LogP contribution in [0.4, 0.5) is 11.4 Å². The standard InChI is InChI=1S/C45H54N6O6S/c1-58(55,56)49-26-24-48(25-27-49)39-20-16-36(50-23-9-12-42(50)53)28-35(39)31-57-37-17-13-33(14-18-37)44-43(32-10-5-4-6-11-32)38-19-15-34-29-40(38)51(44)30-41(52)46-21-7-2-3-8-22-47-45(34)54/h2-3,13-20,28-29,32H,4-12,21-27,30-31H2,1H3,(H,46,52)(H,47,54)/b3-2-. The molecule has 3 aliphatic heterocycles. The lowest BCUT2D eigenvalue weighted by atomic mass is 9.81. The highest BCUT2D eigenvalue weighted by Crippen LogP contribution is 2.45. The van der Waals surface area contributed by atoms with Gasteiger partial charge < -0.3 is 29.7 Å². The van der Waals surface area contributed by atoms with Crippen molar-refractivity contribution in [2.75, 3.05) is 61.9 Å².